The van der Waals surface area contributed by atoms with Crippen LogP contribution in [0, 0.1) is 29.6 Å². The number of amides is 4. The highest BCUT2D eigenvalue weighted by atomic mass is 16.6. The zero-order chi connectivity index (χ0) is 54.3. The maximum atomic E-state index is 16.7. The van der Waals surface area contributed by atoms with Gasteiger partial charge in [-0.15, -0.1) is 0 Å². The summed E-state index contributed by atoms with van der Waals surface area (Å²) in [5.41, 5.74) is -0.0731. The van der Waals surface area contributed by atoms with Crippen LogP contribution in [-0.2, 0) is 53.1 Å². The molecule has 3 heterocycles. The van der Waals surface area contributed by atoms with E-state index in [1.165, 1.54) is 18.2 Å². The van der Waals surface area contributed by atoms with Gasteiger partial charge in [-0.2, -0.15) is 0 Å². The van der Waals surface area contributed by atoms with E-state index >= 15 is 19.2 Å². The van der Waals surface area contributed by atoms with E-state index in [4.69, 9.17) is 23.7 Å². The Balaban J connectivity index is 1.45. The number of anilines is 1. The first-order valence-electron chi connectivity index (χ1n) is 24.7. The zero-order valence-corrected chi connectivity index (χ0v) is 42.4. The summed E-state index contributed by atoms with van der Waals surface area (Å²) in [6.45, 7) is 2.52. The molecule has 5 aromatic carbocycles. The van der Waals surface area contributed by atoms with Gasteiger partial charge in [-0.1, -0.05) is 129 Å². The van der Waals surface area contributed by atoms with Gasteiger partial charge in [0.2, 0.25) is 11.8 Å². The Bertz CT molecular complexity index is 3020. The summed E-state index contributed by atoms with van der Waals surface area (Å²) in [4.78, 5) is 105. The SMILES string of the molecule is COC(=O)C(CC#Cc1ccc2c(c1)[C@]1(C(=O)N2C(=O)N[C@H](C(=O)OC)C(C)C)[C@H](c2cccc(OCCO)c2)N2[C@H](c3ccccc3)[C@H](c3ccccc3)OC(=O)[C@H]2[C@@H]1C(=O)NC[C@H](O)c1ccccc1)C(=O)OC. The molecule has 76 heavy (non-hydrogen) atoms. The van der Waals surface area contributed by atoms with E-state index in [9.17, 15) is 24.6 Å². The molecule has 0 aromatic heterocycles. The lowest BCUT2D eigenvalue weighted by atomic mass is 9.65. The van der Waals surface area contributed by atoms with Gasteiger partial charge in [0.05, 0.1) is 57.7 Å². The van der Waals surface area contributed by atoms with Crippen molar-refractivity contribution < 1.29 is 67.5 Å². The van der Waals surface area contributed by atoms with Crippen molar-refractivity contribution in [2.24, 2.45) is 17.8 Å². The standard InChI is InChI=1S/C58H58N4O14/c1-34(2)46(54(68)74-5)60-57(71)61-43-28-27-35(17-15-26-41(52(66)72-3)53(67)73-4)31-42(43)58(56(61)70)45(51(65)59-33-44(64)36-18-9-6-10-19-36)48-55(69)76-49(38-22-13-8-14-23-38)47(37-20-11-7-12-21-37)62(48)50(58)39-24-16-25-40(32-39)75-30-29-63/h6-14,16,18-25,27-28,31-32,34,41,44-50,63-64H,26,29-30,33H2,1-5H3,(H,59,65)(H,60,71)/t44-,45+,46-,47+,48+,49-,50-,58+/m0/s1. The van der Waals surface area contributed by atoms with Gasteiger partial charge in [0, 0.05) is 18.5 Å². The topological polar surface area (TPSA) is 237 Å². The van der Waals surface area contributed by atoms with Gasteiger partial charge in [0.15, 0.2) is 5.92 Å². The molecule has 2 saturated heterocycles. The van der Waals surface area contributed by atoms with E-state index < -0.39 is 101 Å². The zero-order valence-electron chi connectivity index (χ0n) is 42.4. The molecular weight excluding hydrogens is 977 g/mol. The number of methoxy groups -OCH3 is 3. The summed E-state index contributed by atoms with van der Waals surface area (Å²) in [5, 5.41) is 27.0. The molecule has 8 rings (SSSR count). The number of imide groups is 1. The molecule has 3 aliphatic rings. The van der Waals surface area contributed by atoms with Crippen LogP contribution in [0.2, 0.25) is 0 Å². The fourth-order valence-corrected chi connectivity index (χ4v) is 10.6. The van der Waals surface area contributed by atoms with Gasteiger partial charge in [0.25, 0.3) is 0 Å². The number of urea groups is 1. The molecule has 1 spiro atoms. The van der Waals surface area contributed by atoms with E-state index in [1.54, 1.807) is 97.6 Å². The number of hydrogen-bond acceptors (Lipinski definition) is 15. The minimum atomic E-state index is -2.32. The van der Waals surface area contributed by atoms with Crippen LogP contribution < -0.4 is 20.3 Å². The molecule has 8 atom stereocenters. The summed E-state index contributed by atoms with van der Waals surface area (Å²) < 4.78 is 27.3. The van der Waals surface area contributed by atoms with Crippen molar-refractivity contribution >= 4 is 47.4 Å². The number of ether oxygens (including phenoxy) is 5. The number of aliphatic hydroxyl groups is 2. The predicted octanol–water partition coefficient (Wildman–Crippen LogP) is 5.18. The summed E-state index contributed by atoms with van der Waals surface area (Å²) in [7, 11) is 3.40. The summed E-state index contributed by atoms with van der Waals surface area (Å²) in [5.74, 6) is -2.93. The van der Waals surface area contributed by atoms with Gasteiger partial charge in [-0.05, 0) is 64.1 Å². The Kier molecular flexibility index (Phi) is 16.6. The van der Waals surface area contributed by atoms with Gasteiger partial charge < -0.3 is 44.5 Å². The summed E-state index contributed by atoms with van der Waals surface area (Å²) in [6, 6.07) is 31.6. The quantitative estimate of drug-likeness (QED) is 0.0431. The lowest BCUT2D eigenvalue weighted by Crippen LogP contribution is -2.58. The number of carbonyl (C=O) groups is 7. The van der Waals surface area contributed by atoms with Crippen LogP contribution in [0.4, 0.5) is 10.5 Å². The van der Waals surface area contributed by atoms with Crippen LogP contribution in [0.1, 0.15) is 77.9 Å². The molecule has 0 radical (unpaired) electrons. The fraction of sp³-hybridized carbons (Fsp3) is 0.328. The van der Waals surface area contributed by atoms with Crippen LogP contribution in [0.25, 0.3) is 0 Å². The minimum absolute atomic E-state index is 0.0358. The maximum absolute atomic E-state index is 16.7. The van der Waals surface area contributed by atoms with Crippen molar-refractivity contribution in [3.63, 3.8) is 0 Å². The van der Waals surface area contributed by atoms with Crippen molar-refractivity contribution in [2.45, 2.75) is 62.1 Å². The van der Waals surface area contributed by atoms with Gasteiger partial charge >= 0.3 is 29.9 Å². The van der Waals surface area contributed by atoms with Crippen LogP contribution in [0.3, 0.4) is 0 Å². The predicted molar refractivity (Wildman–Crippen MR) is 274 cm³/mol. The smallest absolute Gasteiger partial charge is 0.329 e. The number of cyclic esters (lactones) is 1. The number of benzene rings is 5. The molecule has 18 nitrogen and oxygen atoms in total. The average molecular weight is 1040 g/mol. The molecule has 5 aromatic rings. The third-order valence-electron chi connectivity index (χ3n) is 14.0. The number of morpholine rings is 1. The van der Waals surface area contributed by atoms with Crippen molar-refractivity contribution in [1.82, 2.24) is 15.5 Å². The summed E-state index contributed by atoms with van der Waals surface area (Å²) >= 11 is 0. The van der Waals surface area contributed by atoms with Crippen LogP contribution in [0.5, 0.6) is 5.75 Å². The van der Waals surface area contributed by atoms with E-state index in [0.29, 0.717) is 22.3 Å². The number of nitrogens with zero attached hydrogens (tertiary/aromatic N) is 2. The minimum Gasteiger partial charge on any atom is -0.491 e. The molecule has 18 heteroatoms. The molecule has 0 bridgehead atoms. The van der Waals surface area contributed by atoms with E-state index in [1.807, 2.05) is 36.4 Å². The van der Waals surface area contributed by atoms with E-state index in [0.717, 1.165) is 26.2 Å². The first kappa shape index (κ1) is 53.9. The molecule has 0 saturated carbocycles. The number of nitrogens with one attached hydrogen (secondary N) is 2. The number of hydrogen-bond donors (Lipinski definition) is 4. The molecule has 4 amide bonds. The number of aliphatic hydroxyl groups excluding tert-OH is 2. The monoisotopic (exact) mass is 1030 g/mol. The van der Waals surface area contributed by atoms with E-state index in [-0.39, 0.29) is 48.7 Å². The Hall–Kier alpha value is -8.37. The average Bonchev–Trinajstić information content (AvgIpc) is 4.06. The highest BCUT2D eigenvalue weighted by Gasteiger charge is 2.75. The second-order valence-corrected chi connectivity index (χ2v) is 18.8. The molecule has 2 fully saturated rings. The molecule has 0 unspecified atom stereocenters. The Morgan fingerprint density at radius 3 is 1.99 bits per heavy atom. The largest absolute Gasteiger partial charge is 0.491 e. The number of carbonyl (C=O) groups excluding carboxylic acids is 7. The highest BCUT2D eigenvalue weighted by Crippen LogP contribution is 2.66. The molecule has 394 valence electrons. The Morgan fingerprint density at radius 1 is 0.750 bits per heavy atom. The van der Waals surface area contributed by atoms with E-state index in [2.05, 4.69) is 22.5 Å². The second-order valence-electron chi connectivity index (χ2n) is 18.8. The fourth-order valence-electron chi connectivity index (χ4n) is 10.6. The van der Waals surface area contributed by atoms with Gasteiger partial charge in [0.1, 0.15) is 36.0 Å². The van der Waals surface area contributed by atoms with Crippen molar-refractivity contribution in [3.05, 3.63) is 167 Å². The maximum Gasteiger partial charge on any atom is 0.329 e. The lowest BCUT2D eigenvalue weighted by molar-refractivity contribution is -0.178. The molecular formula is C58H58N4O14. The highest BCUT2D eigenvalue weighted by molar-refractivity contribution is 6.25. The van der Waals surface area contributed by atoms with Crippen LogP contribution >= 0.6 is 0 Å². The van der Waals surface area contributed by atoms with Crippen LogP contribution in [-0.4, -0.2) is 110 Å². The molecule has 0 aliphatic carbocycles. The van der Waals surface area contributed by atoms with Crippen LogP contribution in [0.15, 0.2) is 133 Å². The van der Waals surface area contributed by atoms with Crippen molar-refractivity contribution in [2.75, 3.05) is 46.0 Å². The third-order valence-corrected chi connectivity index (χ3v) is 14.0. The normalized spacial score (nSPS) is 21.3. The second kappa shape index (κ2) is 23.4. The number of fused-ring (bicyclic) bond motifs is 3. The third kappa shape index (κ3) is 10.2. The van der Waals surface area contributed by atoms with Crippen molar-refractivity contribution in [1.29, 1.82) is 0 Å². The van der Waals surface area contributed by atoms with Crippen molar-refractivity contribution in [3.8, 4) is 17.6 Å². The van der Waals surface area contributed by atoms with Gasteiger partial charge in [-0.25, -0.2) is 14.5 Å². The molecule has 3 aliphatic heterocycles. The molecule has 4 N–H and O–H groups in total. The number of esters is 4. The lowest BCUT2D eigenvalue weighted by Gasteiger charge is -2.46. The summed E-state index contributed by atoms with van der Waals surface area (Å²) in [6.07, 6.45) is -2.66. The Labute approximate surface area is 439 Å². The Morgan fingerprint density at radius 2 is 1.37 bits per heavy atom. The van der Waals surface area contributed by atoms with Gasteiger partial charge in [-0.3, -0.25) is 28.9 Å². The number of rotatable bonds is 16. The first-order valence-corrected chi connectivity index (χ1v) is 24.7. The first-order chi connectivity index (χ1) is 36.7.